The molecule has 0 saturated heterocycles. The lowest BCUT2D eigenvalue weighted by molar-refractivity contribution is 0.268. The molecule has 0 heterocycles. The summed E-state index contributed by atoms with van der Waals surface area (Å²) in [5.74, 6) is 0.176. The lowest BCUT2D eigenvalue weighted by atomic mass is 10.1. The Kier molecular flexibility index (Phi) is 1.84. The van der Waals surface area contributed by atoms with Crippen LogP contribution in [0.25, 0.3) is 0 Å². The van der Waals surface area contributed by atoms with Crippen molar-refractivity contribution in [1.82, 2.24) is 0 Å². The number of alkyl halides is 1. The van der Waals surface area contributed by atoms with E-state index in [4.69, 9.17) is 5.73 Å². The molecule has 1 aliphatic rings. The van der Waals surface area contributed by atoms with Crippen LogP contribution in [0.2, 0.25) is 0 Å². The molecule has 0 aliphatic heterocycles. The van der Waals surface area contributed by atoms with E-state index >= 15 is 0 Å². The van der Waals surface area contributed by atoms with Gasteiger partial charge in [-0.05, 0) is 19.4 Å². The van der Waals surface area contributed by atoms with Crippen molar-refractivity contribution >= 4 is 0 Å². The maximum absolute atomic E-state index is 12.5. The van der Waals surface area contributed by atoms with E-state index in [1.807, 2.05) is 0 Å². The Balaban J connectivity index is 2.30. The number of hydrogen-bond acceptors (Lipinski definition) is 1. The zero-order valence-electron chi connectivity index (χ0n) is 4.94. The van der Waals surface area contributed by atoms with Gasteiger partial charge in [0.1, 0.15) is 6.17 Å². The van der Waals surface area contributed by atoms with E-state index in [-0.39, 0.29) is 5.92 Å². The van der Waals surface area contributed by atoms with Gasteiger partial charge in [0.05, 0.1) is 0 Å². The molecule has 0 aromatic carbocycles. The van der Waals surface area contributed by atoms with Crippen LogP contribution in [0, 0.1) is 5.92 Å². The monoisotopic (exact) mass is 117 g/mol. The Bertz CT molecular complexity index is 74.9. The van der Waals surface area contributed by atoms with Gasteiger partial charge < -0.3 is 5.73 Å². The first-order valence-corrected chi connectivity index (χ1v) is 3.18. The Hall–Kier alpha value is -0.110. The molecular formula is C6H12FN. The first-order valence-electron chi connectivity index (χ1n) is 3.18. The SMILES string of the molecule is NC[C@H]1CCC[C@H]1F. The molecule has 8 heavy (non-hydrogen) atoms. The highest BCUT2D eigenvalue weighted by Crippen LogP contribution is 2.26. The summed E-state index contributed by atoms with van der Waals surface area (Å²) < 4.78 is 12.5. The summed E-state index contributed by atoms with van der Waals surface area (Å²) in [6.07, 6.45) is 2.17. The molecule has 2 heteroatoms. The summed E-state index contributed by atoms with van der Waals surface area (Å²) in [5, 5.41) is 0. The molecule has 0 bridgehead atoms. The van der Waals surface area contributed by atoms with E-state index in [1.165, 1.54) is 0 Å². The van der Waals surface area contributed by atoms with Gasteiger partial charge in [0.15, 0.2) is 0 Å². The summed E-state index contributed by atoms with van der Waals surface area (Å²) in [4.78, 5) is 0. The molecular weight excluding hydrogens is 105 g/mol. The minimum atomic E-state index is -0.597. The summed E-state index contributed by atoms with van der Waals surface area (Å²) in [6.45, 7) is 0.529. The predicted molar refractivity (Wildman–Crippen MR) is 31.3 cm³/mol. The molecule has 0 unspecified atom stereocenters. The van der Waals surface area contributed by atoms with Crippen molar-refractivity contribution in [2.45, 2.75) is 25.4 Å². The standard InChI is InChI=1S/C6H12FN/c7-6-3-1-2-5(6)4-8/h5-6H,1-4,8H2/t5-,6-/m1/s1. The van der Waals surface area contributed by atoms with Gasteiger partial charge in [0.25, 0.3) is 0 Å². The van der Waals surface area contributed by atoms with Crippen LogP contribution in [0.1, 0.15) is 19.3 Å². The van der Waals surface area contributed by atoms with Crippen LogP contribution in [-0.2, 0) is 0 Å². The minimum Gasteiger partial charge on any atom is -0.330 e. The highest BCUT2D eigenvalue weighted by molar-refractivity contribution is 4.76. The second-order valence-electron chi connectivity index (χ2n) is 2.44. The van der Waals surface area contributed by atoms with Crippen molar-refractivity contribution in [3.8, 4) is 0 Å². The van der Waals surface area contributed by atoms with Gasteiger partial charge in [0.2, 0.25) is 0 Å². The fourth-order valence-electron chi connectivity index (χ4n) is 1.26. The molecule has 48 valence electrons. The second-order valence-corrected chi connectivity index (χ2v) is 2.44. The third-order valence-corrected chi connectivity index (χ3v) is 1.87. The average molecular weight is 117 g/mol. The molecule has 2 N–H and O–H groups in total. The van der Waals surface area contributed by atoms with Gasteiger partial charge in [-0.25, -0.2) is 4.39 Å². The third kappa shape index (κ3) is 0.996. The molecule has 1 rings (SSSR count). The fourth-order valence-corrected chi connectivity index (χ4v) is 1.26. The van der Waals surface area contributed by atoms with Gasteiger partial charge in [-0.15, -0.1) is 0 Å². The van der Waals surface area contributed by atoms with Gasteiger partial charge in [-0.3, -0.25) is 0 Å². The number of nitrogens with two attached hydrogens (primary N) is 1. The van der Waals surface area contributed by atoms with Crippen LogP contribution < -0.4 is 5.73 Å². The van der Waals surface area contributed by atoms with Gasteiger partial charge in [-0.1, -0.05) is 6.42 Å². The summed E-state index contributed by atoms with van der Waals surface area (Å²) in [6, 6.07) is 0. The maximum atomic E-state index is 12.5. The Labute approximate surface area is 49.1 Å². The highest BCUT2D eigenvalue weighted by atomic mass is 19.1. The minimum absolute atomic E-state index is 0.176. The number of halogens is 1. The van der Waals surface area contributed by atoms with E-state index in [9.17, 15) is 4.39 Å². The van der Waals surface area contributed by atoms with E-state index in [2.05, 4.69) is 0 Å². The zero-order valence-corrected chi connectivity index (χ0v) is 4.94. The molecule has 0 spiro atoms. The molecule has 1 nitrogen and oxygen atoms in total. The van der Waals surface area contributed by atoms with E-state index in [1.54, 1.807) is 0 Å². The summed E-state index contributed by atoms with van der Waals surface area (Å²) >= 11 is 0. The smallest absolute Gasteiger partial charge is 0.104 e. The molecule has 1 fully saturated rings. The average Bonchev–Trinajstić information content (AvgIpc) is 2.14. The van der Waals surface area contributed by atoms with Crippen LogP contribution in [-0.4, -0.2) is 12.7 Å². The van der Waals surface area contributed by atoms with E-state index in [0.29, 0.717) is 6.54 Å². The molecule has 0 amide bonds. The van der Waals surface area contributed by atoms with Crippen molar-refractivity contribution in [1.29, 1.82) is 0 Å². The van der Waals surface area contributed by atoms with Crippen LogP contribution in [0.3, 0.4) is 0 Å². The highest BCUT2D eigenvalue weighted by Gasteiger charge is 2.24. The number of hydrogen-bond donors (Lipinski definition) is 1. The molecule has 1 aliphatic carbocycles. The van der Waals surface area contributed by atoms with Crippen LogP contribution in [0.4, 0.5) is 4.39 Å². The van der Waals surface area contributed by atoms with E-state index in [0.717, 1.165) is 19.3 Å². The predicted octanol–water partition coefficient (Wildman–Crippen LogP) is 1.08. The van der Waals surface area contributed by atoms with Crippen LogP contribution >= 0.6 is 0 Å². The first-order chi connectivity index (χ1) is 3.84. The Morgan fingerprint density at radius 3 is 2.50 bits per heavy atom. The van der Waals surface area contributed by atoms with Crippen LogP contribution in [0.5, 0.6) is 0 Å². The fraction of sp³-hybridized carbons (Fsp3) is 1.00. The second kappa shape index (κ2) is 2.44. The van der Waals surface area contributed by atoms with Crippen molar-refractivity contribution in [3.63, 3.8) is 0 Å². The first kappa shape index (κ1) is 6.02. The van der Waals surface area contributed by atoms with Gasteiger partial charge in [-0.2, -0.15) is 0 Å². The van der Waals surface area contributed by atoms with Crippen LogP contribution in [0.15, 0.2) is 0 Å². The topological polar surface area (TPSA) is 26.0 Å². The van der Waals surface area contributed by atoms with Crippen molar-refractivity contribution in [3.05, 3.63) is 0 Å². The lowest BCUT2D eigenvalue weighted by Gasteiger charge is -2.06. The molecule has 0 aromatic heterocycles. The molecule has 2 atom stereocenters. The quantitative estimate of drug-likeness (QED) is 0.546. The normalized spacial score (nSPS) is 38.2. The molecule has 0 aromatic rings. The van der Waals surface area contributed by atoms with Crippen molar-refractivity contribution in [2.24, 2.45) is 11.7 Å². The third-order valence-electron chi connectivity index (χ3n) is 1.87. The van der Waals surface area contributed by atoms with Crippen molar-refractivity contribution in [2.75, 3.05) is 6.54 Å². The summed E-state index contributed by atoms with van der Waals surface area (Å²) in [5.41, 5.74) is 5.28. The zero-order chi connectivity index (χ0) is 5.98. The van der Waals surface area contributed by atoms with E-state index < -0.39 is 6.17 Å². The lowest BCUT2D eigenvalue weighted by Crippen LogP contribution is -2.18. The molecule has 1 saturated carbocycles. The maximum Gasteiger partial charge on any atom is 0.104 e. The summed E-state index contributed by atoms with van der Waals surface area (Å²) in [7, 11) is 0. The van der Waals surface area contributed by atoms with Crippen molar-refractivity contribution < 1.29 is 4.39 Å². The Morgan fingerprint density at radius 1 is 1.50 bits per heavy atom. The molecule has 0 radical (unpaired) electrons. The largest absolute Gasteiger partial charge is 0.330 e. The Morgan fingerprint density at radius 2 is 2.25 bits per heavy atom. The van der Waals surface area contributed by atoms with Gasteiger partial charge in [0, 0.05) is 5.92 Å². The number of rotatable bonds is 1. The van der Waals surface area contributed by atoms with Gasteiger partial charge >= 0.3 is 0 Å².